The van der Waals surface area contributed by atoms with Crippen LogP contribution in [0, 0.1) is 18.3 Å². The van der Waals surface area contributed by atoms with E-state index in [4.69, 9.17) is 6.42 Å². The molecule has 0 radical (unpaired) electrons. The van der Waals surface area contributed by atoms with Crippen LogP contribution in [0.2, 0.25) is 0 Å². The molecular formula is C18H27N. The Kier molecular flexibility index (Phi) is 6.67. The van der Waals surface area contributed by atoms with Gasteiger partial charge in [0.1, 0.15) is 0 Å². The standard InChI is InChI=1S/C18H27N/c1-6-8-18(7-2)19-15(5)17-11-9-16(10-12-17)13-14(3)4/h2,9-12,14-15,18-19H,6,8,13H2,1,3-5H3. The Morgan fingerprint density at radius 1 is 1.16 bits per heavy atom. The second-order valence-electron chi connectivity index (χ2n) is 5.74. The van der Waals surface area contributed by atoms with E-state index in [0.29, 0.717) is 12.0 Å². The van der Waals surface area contributed by atoms with Crippen LogP contribution in [0.25, 0.3) is 0 Å². The van der Waals surface area contributed by atoms with Crippen molar-refractivity contribution >= 4 is 0 Å². The molecule has 1 aromatic carbocycles. The van der Waals surface area contributed by atoms with Crippen LogP contribution in [0.5, 0.6) is 0 Å². The summed E-state index contributed by atoms with van der Waals surface area (Å²) in [7, 11) is 0. The Morgan fingerprint density at radius 3 is 2.26 bits per heavy atom. The first-order valence-electron chi connectivity index (χ1n) is 7.37. The van der Waals surface area contributed by atoms with Gasteiger partial charge in [0, 0.05) is 6.04 Å². The third kappa shape index (κ3) is 5.49. The molecule has 0 fully saturated rings. The lowest BCUT2D eigenvalue weighted by Crippen LogP contribution is -2.30. The van der Waals surface area contributed by atoms with E-state index in [2.05, 4.69) is 63.2 Å². The summed E-state index contributed by atoms with van der Waals surface area (Å²) >= 11 is 0. The first kappa shape index (κ1) is 15.8. The van der Waals surface area contributed by atoms with Crippen LogP contribution in [0.15, 0.2) is 24.3 Å². The number of hydrogen-bond acceptors (Lipinski definition) is 1. The highest BCUT2D eigenvalue weighted by atomic mass is 14.9. The number of rotatable bonds is 7. The third-order valence-corrected chi connectivity index (χ3v) is 3.35. The van der Waals surface area contributed by atoms with Crippen molar-refractivity contribution in [2.75, 3.05) is 0 Å². The molecule has 0 spiro atoms. The lowest BCUT2D eigenvalue weighted by Gasteiger charge is -2.19. The summed E-state index contributed by atoms with van der Waals surface area (Å²) in [5.41, 5.74) is 2.72. The van der Waals surface area contributed by atoms with Crippen molar-refractivity contribution in [2.45, 2.75) is 59.0 Å². The molecule has 1 nitrogen and oxygen atoms in total. The van der Waals surface area contributed by atoms with E-state index in [1.165, 1.54) is 11.1 Å². The topological polar surface area (TPSA) is 12.0 Å². The van der Waals surface area contributed by atoms with Crippen molar-refractivity contribution in [1.82, 2.24) is 5.32 Å². The van der Waals surface area contributed by atoms with Gasteiger partial charge in [-0.1, -0.05) is 57.4 Å². The molecule has 0 aliphatic carbocycles. The fraction of sp³-hybridized carbons (Fsp3) is 0.556. The predicted molar refractivity (Wildman–Crippen MR) is 84.1 cm³/mol. The summed E-state index contributed by atoms with van der Waals surface area (Å²) in [6.45, 7) is 8.84. The zero-order valence-corrected chi connectivity index (χ0v) is 12.7. The molecular weight excluding hydrogens is 230 g/mol. The Morgan fingerprint density at radius 2 is 1.79 bits per heavy atom. The maximum absolute atomic E-state index is 5.55. The second kappa shape index (κ2) is 8.02. The van der Waals surface area contributed by atoms with Crippen molar-refractivity contribution < 1.29 is 0 Å². The summed E-state index contributed by atoms with van der Waals surface area (Å²) in [6.07, 6.45) is 8.84. The Labute approximate surface area is 118 Å². The third-order valence-electron chi connectivity index (χ3n) is 3.35. The highest BCUT2D eigenvalue weighted by Gasteiger charge is 2.10. The van der Waals surface area contributed by atoms with Crippen LogP contribution >= 0.6 is 0 Å². The molecule has 0 amide bonds. The first-order valence-corrected chi connectivity index (χ1v) is 7.37. The minimum atomic E-state index is 0.176. The summed E-state index contributed by atoms with van der Waals surface area (Å²) < 4.78 is 0. The summed E-state index contributed by atoms with van der Waals surface area (Å²) in [4.78, 5) is 0. The molecule has 1 N–H and O–H groups in total. The number of terminal acetylenes is 1. The van der Waals surface area contributed by atoms with Crippen molar-refractivity contribution in [2.24, 2.45) is 5.92 Å². The molecule has 0 saturated heterocycles. The van der Waals surface area contributed by atoms with Gasteiger partial charge in [-0.2, -0.15) is 0 Å². The van der Waals surface area contributed by atoms with Crippen LogP contribution in [0.4, 0.5) is 0 Å². The Bertz CT molecular complexity index is 397. The zero-order valence-electron chi connectivity index (χ0n) is 12.7. The normalized spacial score (nSPS) is 14.1. The number of benzene rings is 1. The van der Waals surface area contributed by atoms with Gasteiger partial charge >= 0.3 is 0 Å². The highest BCUT2D eigenvalue weighted by molar-refractivity contribution is 5.25. The van der Waals surface area contributed by atoms with Crippen molar-refractivity contribution in [3.8, 4) is 12.3 Å². The molecule has 104 valence electrons. The lowest BCUT2D eigenvalue weighted by molar-refractivity contribution is 0.495. The van der Waals surface area contributed by atoms with E-state index in [1.807, 2.05) is 0 Å². The minimum Gasteiger partial charge on any atom is -0.297 e. The van der Waals surface area contributed by atoms with E-state index >= 15 is 0 Å². The molecule has 0 aliphatic heterocycles. The molecule has 1 rings (SSSR count). The maximum atomic E-state index is 5.55. The molecule has 0 aromatic heterocycles. The van der Waals surface area contributed by atoms with Gasteiger partial charge in [-0.25, -0.2) is 0 Å². The zero-order chi connectivity index (χ0) is 14.3. The average molecular weight is 257 g/mol. The van der Waals surface area contributed by atoms with Gasteiger partial charge in [0.15, 0.2) is 0 Å². The molecule has 1 aromatic rings. The van der Waals surface area contributed by atoms with Gasteiger partial charge in [0.2, 0.25) is 0 Å². The fourth-order valence-electron chi connectivity index (χ4n) is 2.32. The van der Waals surface area contributed by atoms with E-state index in [9.17, 15) is 0 Å². The van der Waals surface area contributed by atoms with Gasteiger partial charge in [-0.15, -0.1) is 6.42 Å². The summed E-state index contributed by atoms with van der Waals surface area (Å²) in [5.74, 6) is 3.54. The van der Waals surface area contributed by atoms with E-state index in [0.717, 1.165) is 19.3 Å². The van der Waals surface area contributed by atoms with Crippen LogP contribution < -0.4 is 5.32 Å². The number of hydrogen-bond donors (Lipinski definition) is 1. The Balaban J connectivity index is 2.62. The monoisotopic (exact) mass is 257 g/mol. The molecule has 19 heavy (non-hydrogen) atoms. The van der Waals surface area contributed by atoms with Gasteiger partial charge in [-0.05, 0) is 36.8 Å². The molecule has 0 heterocycles. The predicted octanol–water partition coefficient (Wildman–Crippen LogP) is 4.34. The van der Waals surface area contributed by atoms with Gasteiger partial charge < -0.3 is 0 Å². The first-order chi connectivity index (χ1) is 9.06. The molecule has 2 unspecified atom stereocenters. The van der Waals surface area contributed by atoms with Crippen LogP contribution in [0.3, 0.4) is 0 Å². The Hall–Kier alpha value is -1.26. The van der Waals surface area contributed by atoms with Crippen molar-refractivity contribution in [3.63, 3.8) is 0 Å². The van der Waals surface area contributed by atoms with Crippen molar-refractivity contribution in [1.29, 1.82) is 0 Å². The van der Waals surface area contributed by atoms with E-state index in [-0.39, 0.29) is 6.04 Å². The molecule has 2 atom stereocenters. The van der Waals surface area contributed by atoms with E-state index in [1.54, 1.807) is 0 Å². The largest absolute Gasteiger partial charge is 0.297 e. The van der Waals surface area contributed by atoms with Gasteiger partial charge in [0.25, 0.3) is 0 Å². The quantitative estimate of drug-likeness (QED) is 0.717. The maximum Gasteiger partial charge on any atom is 0.0691 e. The van der Waals surface area contributed by atoms with Crippen LogP contribution in [-0.4, -0.2) is 6.04 Å². The van der Waals surface area contributed by atoms with E-state index < -0.39 is 0 Å². The van der Waals surface area contributed by atoms with Gasteiger partial charge in [0.05, 0.1) is 6.04 Å². The molecule has 0 saturated carbocycles. The number of nitrogens with one attached hydrogen (secondary N) is 1. The fourth-order valence-corrected chi connectivity index (χ4v) is 2.32. The summed E-state index contributed by atoms with van der Waals surface area (Å²) in [5, 5.41) is 3.51. The molecule has 1 heteroatoms. The van der Waals surface area contributed by atoms with Crippen LogP contribution in [0.1, 0.15) is 57.7 Å². The molecule has 0 aliphatic rings. The minimum absolute atomic E-state index is 0.176. The summed E-state index contributed by atoms with van der Waals surface area (Å²) in [6, 6.07) is 9.39. The lowest BCUT2D eigenvalue weighted by atomic mass is 9.99. The average Bonchev–Trinajstić information content (AvgIpc) is 2.38. The SMILES string of the molecule is C#CC(CCC)NC(C)c1ccc(CC(C)C)cc1. The smallest absolute Gasteiger partial charge is 0.0691 e. The second-order valence-corrected chi connectivity index (χ2v) is 5.74. The van der Waals surface area contributed by atoms with Gasteiger partial charge in [-0.3, -0.25) is 5.32 Å². The van der Waals surface area contributed by atoms with Crippen molar-refractivity contribution in [3.05, 3.63) is 35.4 Å². The highest BCUT2D eigenvalue weighted by Crippen LogP contribution is 2.16. The molecule has 0 bridgehead atoms. The van der Waals surface area contributed by atoms with Crippen LogP contribution in [-0.2, 0) is 6.42 Å².